The van der Waals surface area contributed by atoms with Crippen LogP contribution in [0.25, 0.3) is 0 Å². The average molecular weight is 264 g/mol. The normalized spacial score (nSPS) is 32.5. The summed E-state index contributed by atoms with van der Waals surface area (Å²) < 4.78 is 0. The molecule has 0 bridgehead atoms. The summed E-state index contributed by atoms with van der Waals surface area (Å²) >= 11 is 0. The third kappa shape index (κ3) is 2.85. The van der Waals surface area contributed by atoms with Crippen molar-refractivity contribution in [1.29, 1.82) is 0 Å². The van der Waals surface area contributed by atoms with E-state index in [0.717, 1.165) is 6.04 Å². The Morgan fingerprint density at radius 3 is 2.21 bits per heavy atom. The van der Waals surface area contributed by atoms with Crippen LogP contribution >= 0.6 is 0 Å². The summed E-state index contributed by atoms with van der Waals surface area (Å²) in [6.45, 7) is 7.39. The topological polar surface area (TPSA) is 15.3 Å². The summed E-state index contributed by atoms with van der Waals surface area (Å²) in [4.78, 5) is 2.90. The molecular weight excluding hydrogens is 232 g/mol. The van der Waals surface area contributed by atoms with Gasteiger partial charge in [-0.25, -0.2) is 0 Å². The van der Waals surface area contributed by atoms with E-state index in [9.17, 15) is 0 Å². The van der Waals surface area contributed by atoms with Crippen LogP contribution in [0.15, 0.2) is 0 Å². The van der Waals surface area contributed by atoms with E-state index in [4.69, 9.17) is 0 Å². The van der Waals surface area contributed by atoms with Crippen molar-refractivity contribution in [2.45, 2.75) is 95.2 Å². The maximum Gasteiger partial charge on any atom is 0.0309 e. The Labute approximate surface area is 119 Å². The molecule has 0 unspecified atom stereocenters. The summed E-state index contributed by atoms with van der Waals surface area (Å²) in [5.74, 6) is 0. The molecule has 19 heavy (non-hydrogen) atoms. The first kappa shape index (κ1) is 13.9. The first-order chi connectivity index (χ1) is 9.11. The Hall–Kier alpha value is -0.0800. The third-order valence-electron chi connectivity index (χ3n) is 5.97. The summed E-state index contributed by atoms with van der Waals surface area (Å²) in [6, 6.07) is 0.865. The molecule has 0 aromatic heterocycles. The molecule has 0 atom stereocenters. The molecule has 1 spiro atoms. The minimum absolute atomic E-state index is 0.352. The van der Waals surface area contributed by atoms with E-state index in [-0.39, 0.29) is 0 Å². The number of hydrogen-bond donors (Lipinski definition) is 1. The zero-order valence-corrected chi connectivity index (χ0v) is 13.0. The summed E-state index contributed by atoms with van der Waals surface area (Å²) in [5.41, 5.74) is 0.815. The summed E-state index contributed by atoms with van der Waals surface area (Å²) in [5, 5.41) is 3.95. The van der Waals surface area contributed by atoms with Gasteiger partial charge in [-0.3, -0.25) is 4.90 Å². The first-order valence-electron chi connectivity index (χ1n) is 8.63. The summed E-state index contributed by atoms with van der Waals surface area (Å²) in [7, 11) is 0. The molecular formula is C17H32N2. The van der Waals surface area contributed by atoms with Crippen molar-refractivity contribution in [3.8, 4) is 0 Å². The highest BCUT2D eigenvalue weighted by molar-refractivity contribution is 5.05. The molecule has 0 aromatic rings. The van der Waals surface area contributed by atoms with Crippen molar-refractivity contribution >= 4 is 0 Å². The van der Waals surface area contributed by atoms with Gasteiger partial charge in [-0.05, 0) is 39.5 Å². The van der Waals surface area contributed by atoms with Gasteiger partial charge in [0.15, 0.2) is 0 Å². The molecule has 2 aliphatic carbocycles. The van der Waals surface area contributed by atoms with E-state index in [1.807, 2.05) is 0 Å². The lowest BCUT2D eigenvalue weighted by molar-refractivity contribution is -0.0294. The lowest BCUT2D eigenvalue weighted by Crippen LogP contribution is -2.70. The molecule has 0 aromatic carbocycles. The van der Waals surface area contributed by atoms with Crippen LogP contribution in [0.5, 0.6) is 0 Å². The van der Waals surface area contributed by atoms with Gasteiger partial charge < -0.3 is 5.32 Å². The molecule has 0 amide bonds. The molecule has 110 valence electrons. The number of nitrogens with one attached hydrogen (secondary N) is 1. The van der Waals surface area contributed by atoms with E-state index in [1.165, 1.54) is 77.3 Å². The number of piperazine rings is 1. The van der Waals surface area contributed by atoms with Crippen LogP contribution in [0.4, 0.5) is 0 Å². The molecule has 0 radical (unpaired) electrons. The van der Waals surface area contributed by atoms with Crippen LogP contribution in [0.3, 0.4) is 0 Å². The Kier molecular flexibility index (Phi) is 3.92. The number of nitrogens with zero attached hydrogens (tertiary/aromatic N) is 1. The summed E-state index contributed by atoms with van der Waals surface area (Å²) in [6.07, 6.45) is 14.4. The molecule has 2 nitrogen and oxygen atoms in total. The van der Waals surface area contributed by atoms with Crippen molar-refractivity contribution < 1.29 is 0 Å². The van der Waals surface area contributed by atoms with Gasteiger partial charge in [0, 0.05) is 30.2 Å². The van der Waals surface area contributed by atoms with E-state index in [1.54, 1.807) is 0 Å². The van der Waals surface area contributed by atoms with Crippen LogP contribution in [0.2, 0.25) is 0 Å². The van der Waals surface area contributed by atoms with Crippen LogP contribution in [0, 0.1) is 0 Å². The Morgan fingerprint density at radius 2 is 1.53 bits per heavy atom. The van der Waals surface area contributed by atoms with E-state index >= 15 is 0 Å². The molecule has 3 fully saturated rings. The van der Waals surface area contributed by atoms with Crippen LogP contribution in [0.1, 0.15) is 78.1 Å². The van der Waals surface area contributed by atoms with Crippen molar-refractivity contribution in [3.05, 3.63) is 0 Å². The fraction of sp³-hybridized carbons (Fsp3) is 1.00. The van der Waals surface area contributed by atoms with Crippen LogP contribution < -0.4 is 5.32 Å². The second-order valence-electron chi connectivity index (χ2n) is 7.93. The molecule has 1 saturated heterocycles. The van der Waals surface area contributed by atoms with E-state index in [2.05, 4.69) is 24.1 Å². The van der Waals surface area contributed by atoms with Gasteiger partial charge in [0.1, 0.15) is 0 Å². The Morgan fingerprint density at radius 1 is 0.895 bits per heavy atom. The molecule has 2 heteroatoms. The quantitative estimate of drug-likeness (QED) is 0.777. The number of rotatable bonds is 1. The molecule has 1 aliphatic heterocycles. The minimum Gasteiger partial charge on any atom is -0.308 e. The van der Waals surface area contributed by atoms with Crippen molar-refractivity contribution in [3.63, 3.8) is 0 Å². The zero-order chi connectivity index (χ0) is 13.3. The van der Waals surface area contributed by atoms with Crippen molar-refractivity contribution in [1.82, 2.24) is 10.2 Å². The highest BCUT2D eigenvalue weighted by atomic mass is 15.3. The van der Waals surface area contributed by atoms with Crippen LogP contribution in [-0.4, -0.2) is 35.1 Å². The molecule has 3 aliphatic rings. The fourth-order valence-corrected chi connectivity index (χ4v) is 4.68. The van der Waals surface area contributed by atoms with Crippen molar-refractivity contribution in [2.24, 2.45) is 0 Å². The highest BCUT2D eigenvalue weighted by Crippen LogP contribution is 2.37. The monoisotopic (exact) mass is 264 g/mol. The van der Waals surface area contributed by atoms with E-state index < -0.39 is 0 Å². The first-order valence-corrected chi connectivity index (χ1v) is 8.63. The second kappa shape index (κ2) is 5.37. The highest BCUT2D eigenvalue weighted by Gasteiger charge is 2.45. The second-order valence-corrected chi connectivity index (χ2v) is 7.93. The molecule has 1 N–H and O–H groups in total. The molecule has 3 rings (SSSR count). The van der Waals surface area contributed by atoms with Gasteiger partial charge in [-0.2, -0.15) is 0 Å². The zero-order valence-electron chi connectivity index (χ0n) is 13.0. The predicted octanol–water partition coefficient (Wildman–Crippen LogP) is 3.71. The minimum atomic E-state index is 0.352. The van der Waals surface area contributed by atoms with Gasteiger partial charge in [-0.1, -0.05) is 38.5 Å². The maximum absolute atomic E-state index is 3.95. The van der Waals surface area contributed by atoms with E-state index in [0.29, 0.717) is 11.1 Å². The fourth-order valence-electron chi connectivity index (χ4n) is 4.68. The smallest absolute Gasteiger partial charge is 0.0309 e. The molecule has 1 heterocycles. The SMILES string of the molecule is CC1(C)CNC2(CCCCC2)CN1C1CCCCC1. The predicted molar refractivity (Wildman–Crippen MR) is 81.5 cm³/mol. The standard InChI is InChI=1S/C17H32N2/c1-16(2)13-18-17(11-7-4-8-12-17)14-19(16)15-9-5-3-6-10-15/h15,18H,3-14H2,1-2H3. The van der Waals surface area contributed by atoms with Gasteiger partial charge in [-0.15, -0.1) is 0 Å². The average Bonchev–Trinajstić information content (AvgIpc) is 2.44. The van der Waals surface area contributed by atoms with Gasteiger partial charge in [0.05, 0.1) is 0 Å². The lowest BCUT2D eigenvalue weighted by atomic mass is 9.76. The van der Waals surface area contributed by atoms with Gasteiger partial charge in [0.2, 0.25) is 0 Å². The Balaban J connectivity index is 1.74. The number of hydrogen-bond acceptors (Lipinski definition) is 2. The molecule has 2 saturated carbocycles. The lowest BCUT2D eigenvalue weighted by Gasteiger charge is -2.56. The van der Waals surface area contributed by atoms with Gasteiger partial charge >= 0.3 is 0 Å². The van der Waals surface area contributed by atoms with Gasteiger partial charge in [0.25, 0.3) is 0 Å². The third-order valence-corrected chi connectivity index (χ3v) is 5.97. The Bertz CT molecular complexity index is 298. The largest absolute Gasteiger partial charge is 0.308 e. The van der Waals surface area contributed by atoms with Crippen LogP contribution in [-0.2, 0) is 0 Å². The maximum atomic E-state index is 3.95. The van der Waals surface area contributed by atoms with Crippen molar-refractivity contribution in [2.75, 3.05) is 13.1 Å².